The van der Waals surface area contributed by atoms with Crippen molar-refractivity contribution < 1.29 is 22.7 Å². The number of rotatable bonds is 2. The summed E-state index contributed by atoms with van der Waals surface area (Å²) in [5, 5.41) is 0. The van der Waals surface area contributed by atoms with E-state index >= 15 is 0 Å². The van der Waals surface area contributed by atoms with Crippen LogP contribution < -0.4 is 0 Å². The van der Waals surface area contributed by atoms with Crippen molar-refractivity contribution in [3.63, 3.8) is 0 Å². The number of benzene rings is 1. The third-order valence-corrected chi connectivity index (χ3v) is 3.98. The minimum atomic E-state index is -1.64. The second-order valence-corrected chi connectivity index (χ2v) is 5.36. The largest absolute Gasteiger partial charge is 0.377 e. The molecule has 2 aromatic rings. The van der Waals surface area contributed by atoms with E-state index in [0.29, 0.717) is 6.61 Å². The van der Waals surface area contributed by atoms with Crippen LogP contribution in [0.2, 0.25) is 0 Å². The van der Waals surface area contributed by atoms with Crippen LogP contribution in [0.3, 0.4) is 0 Å². The van der Waals surface area contributed by atoms with Gasteiger partial charge in [-0.2, -0.15) is 0 Å². The van der Waals surface area contributed by atoms with Crippen LogP contribution in [0.25, 0.3) is 0 Å². The molecule has 0 radical (unpaired) electrons. The summed E-state index contributed by atoms with van der Waals surface area (Å²) >= 11 is 0. The summed E-state index contributed by atoms with van der Waals surface area (Å²) in [4.78, 5) is 14.1. The summed E-state index contributed by atoms with van der Waals surface area (Å²) in [6, 6.07) is 4.96. The monoisotopic (exact) mass is 324 g/mol. The second kappa shape index (κ2) is 6.08. The first kappa shape index (κ1) is 15.6. The second-order valence-electron chi connectivity index (χ2n) is 5.36. The van der Waals surface area contributed by atoms with Gasteiger partial charge >= 0.3 is 0 Å². The van der Waals surface area contributed by atoms with E-state index in [1.165, 1.54) is 4.90 Å². The Hall–Kier alpha value is -2.28. The number of hydrogen-bond donors (Lipinski definition) is 0. The number of amides is 1. The highest BCUT2D eigenvalue weighted by Gasteiger charge is 2.32. The number of aromatic nitrogens is 1. The summed E-state index contributed by atoms with van der Waals surface area (Å²) in [6.07, 6.45) is 1.82. The molecular formula is C16H15F3N2O2. The lowest BCUT2D eigenvalue weighted by Crippen LogP contribution is -2.44. The van der Waals surface area contributed by atoms with Crippen LogP contribution in [-0.4, -0.2) is 35.1 Å². The lowest BCUT2D eigenvalue weighted by Gasteiger charge is -2.36. The van der Waals surface area contributed by atoms with E-state index < -0.39 is 35.0 Å². The smallest absolute Gasteiger partial charge is 0.257 e. The van der Waals surface area contributed by atoms with E-state index in [0.717, 1.165) is 17.8 Å². The summed E-state index contributed by atoms with van der Waals surface area (Å²) in [7, 11) is 1.82. The molecule has 1 aliphatic rings. The number of carbonyl (C=O) groups excluding carboxylic acids is 1. The zero-order chi connectivity index (χ0) is 16.6. The number of morpholine rings is 1. The highest BCUT2D eigenvalue weighted by atomic mass is 19.2. The fourth-order valence-corrected chi connectivity index (χ4v) is 2.76. The van der Waals surface area contributed by atoms with Crippen LogP contribution >= 0.6 is 0 Å². The van der Waals surface area contributed by atoms with Crippen molar-refractivity contribution in [1.82, 2.24) is 9.47 Å². The number of halogens is 3. The molecule has 1 saturated heterocycles. The molecule has 1 amide bonds. The highest BCUT2D eigenvalue weighted by molar-refractivity contribution is 5.94. The summed E-state index contributed by atoms with van der Waals surface area (Å²) in [6.45, 7) is 0.806. The third-order valence-electron chi connectivity index (χ3n) is 3.98. The Bertz CT molecular complexity index is 745. The first-order valence-corrected chi connectivity index (χ1v) is 7.14. The lowest BCUT2D eigenvalue weighted by molar-refractivity contribution is -0.00492. The lowest BCUT2D eigenvalue weighted by atomic mass is 10.1. The van der Waals surface area contributed by atoms with Crippen molar-refractivity contribution >= 4 is 5.91 Å². The minimum Gasteiger partial charge on any atom is -0.377 e. The standard InChI is InChI=1S/C16H15F3N2O2/c1-20-6-2-3-12(20)13-9-23-8-7-21(13)16(22)10-4-5-11(17)15(19)14(10)18/h2-6,13H,7-9H2,1H3. The van der Waals surface area contributed by atoms with Crippen molar-refractivity contribution in [2.24, 2.45) is 7.05 Å². The Labute approximate surface area is 131 Å². The van der Waals surface area contributed by atoms with Gasteiger partial charge < -0.3 is 14.2 Å². The van der Waals surface area contributed by atoms with Gasteiger partial charge in [0.15, 0.2) is 17.5 Å². The number of aryl methyl sites for hydroxylation is 1. The zero-order valence-corrected chi connectivity index (χ0v) is 12.4. The first-order valence-electron chi connectivity index (χ1n) is 7.14. The van der Waals surface area contributed by atoms with Gasteiger partial charge in [-0.05, 0) is 24.3 Å². The summed E-state index contributed by atoms with van der Waals surface area (Å²) in [5.74, 6) is -5.11. The average molecular weight is 324 g/mol. The predicted octanol–water partition coefficient (Wildman–Crippen LogP) is 2.66. The Morgan fingerprint density at radius 1 is 1.22 bits per heavy atom. The van der Waals surface area contributed by atoms with Gasteiger partial charge in [0, 0.05) is 25.5 Å². The van der Waals surface area contributed by atoms with Crippen LogP contribution in [0.1, 0.15) is 22.1 Å². The molecule has 0 aliphatic carbocycles. The van der Waals surface area contributed by atoms with E-state index in [4.69, 9.17) is 4.74 Å². The maximum absolute atomic E-state index is 13.9. The topological polar surface area (TPSA) is 34.5 Å². The SMILES string of the molecule is Cn1cccc1C1COCCN1C(=O)c1ccc(F)c(F)c1F. The molecular weight excluding hydrogens is 309 g/mol. The average Bonchev–Trinajstić information content (AvgIpc) is 2.98. The van der Waals surface area contributed by atoms with Gasteiger partial charge in [0.05, 0.1) is 24.8 Å². The van der Waals surface area contributed by atoms with Gasteiger partial charge in [0.1, 0.15) is 0 Å². The Morgan fingerprint density at radius 2 is 2.00 bits per heavy atom. The molecule has 1 atom stereocenters. The van der Waals surface area contributed by atoms with Gasteiger partial charge in [0.2, 0.25) is 0 Å². The molecule has 1 aromatic heterocycles. The van der Waals surface area contributed by atoms with Gasteiger partial charge in [-0.1, -0.05) is 0 Å². The zero-order valence-electron chi connectivity index (χ0n) is 12.4. The minimum absolute atomic E-state index is 0.243. The van der Waals surface area contributed by atoms with Crippen LogP contribution in [0, 0.1) is 17.5 Å². The van der Waals surface area contributed by atoms with Crippen molar-refractivity contribution in [3.05, 3.63) is 59.2 Å². The van der Waals surface area contributed by atoms with Crippen LogP contribution in [-0.2, 0) is 11.8 Å². The van der Waals surface area contributed by atoms with E-state index in [1.807, 2.05) is 29.9 Å². The quantitative estimate of drug-likeness (QED) is 0.796. The number of carbonyl (C=O) groups is 1. The molecule has 1 aliphatic heterocycles. The molecule has 4 nitrogen and oxygen atoms in total. The maximum Gasteiger partial charge on any atom is 0.257 e. The molecule has 122 valence electrons. The van der Waals surface area contributed by atoms with Crippen LogP contribution in [0.5, 0.6) is 0 Å². The Morgan fingerprint density at radius 3 is 2.70 bits per heavy atom. The molecule has 0 spiro atoms. The van der Waals surface area contributed by atoms with Crippen molar-refractivity contribution in [2.75, 3.05) is 19.8 Å². The molecule has 23 heavy (non-hydrogen) atoms. The molecule has 0 N–H and O–H groups in total. The Balaban J connectivity index is 1.97. The van der Waals surface area contributed by atoms with Gasteiger partial charge in [0.25, 0.3) is 5.91 Å². The first-order chi connectivity index (χ1) is 11.0. The number of hydrogen-bond acceptors (Lipinski definition) is 2. The van der Waals surface area contributed by atoms with Gasteiger partial charge in [-0.25, -0.2) is 13.2 Å². The summed E-state index contributed by atoms with van der Waals surface area (Å²) in [5.41, 5.74) is 0.339. The molecule has 0 bridgehead atoms. The van der Waals surface area contributed by atoms with Crippen molar-refractivity contribution in [2.45, 2.75) is 6.04 Å². The van der Waals surface area contributed by atoms with E-state index in [2.05, 4.69) is 0 Å². The number of nitrogens with zero attached hydrogens (tertiary/aromatic N) is 2. The molecule has 7 heteroatoms. The highest BCUT2D eigenvalue weighted by Crippen LogP contribution is 2.27. The Kier molecular flexibility index (Phi) is 4.12. The van der Waals surface area contributed by atoms with Crippen LogP contribution in [0.4, 0.5) is 13.2 Å². The van der Waals surface area contributed by atoms with E-state index in [9.17, 15) is 18.0 Å². The molecule has 3 rings (SSSR count). The van der Waals surface area contributed by atoms with Gasteiger partial charge in [-0.3, -0.25) is 4.79 Å². The van der Waals surface area contributed by atoms with E-state index in [1.54, 1.807) is 0 Å². The fourth-order valence-electron chi connectivity index (χ4n) is 2.76. The van der Waals surface area contributed by atoms with Crippen molar-refractivity contribution in [1.29, 1.82) is 0 Å². The molecule has 2 heterocycles. The number of ether oxygens (including phenoxy) is 1. The summed E-state index contributed by atoms with van der Waals surface area (Å²) < 4.78 is 47.6. The fraction of sp³-hybridized carbons (Fsp3) is 0.312. The molecule has 1 unspecified atom stereocenters. The normalized spacial score (nSPS) is 18.3. The molecule has 1 aromatic carbocycles. The molecule has 1 fully saturated rings. The predicted molar refractivity (Wildman–Crippen MR) is 76.3 cm³/mol. The van der Waals surface area contributed by atoms with Crippen LogP contribution in [0.15, 0.2) is 30.5 Å². The van der Waals surface area contributed by atoms with E-state index in [-0.39, 0.29) is 13.2 Å². The van der Waals surface area contributed by atoms with Crippen molar-refractivity contribution in [3.8, 4) is 0 Å². The third kappa shape index (κ3) is 2.72. The molecule has 0 saturated carbocycles. The maximum atomic E-state index is 13.9. The van der Waals surface area contributed by atoms with Gasteiger partial charge in [-0.15, -0.1) is 0 Å².